The quantitative estimate of drug-likeness (QED) is 0.338. The van der Waals surface area contributed by atoms with Gasteiger partial charge in [-0.2, -0.15) is 0 Å². The molecule has 27 heavy (non-hydrogen) atoms. The average molecular weight is 481 g/mol. The van der Waals surface area contributed by atoms with Gasteiger partial charge in [-0.15, -0.1) is 24.0 Å². The lowest BCUT2D eigenvalue weighted by Crippen LogP contribution is -2.46. The Morgan fingerprint density at radius 2 is 1.96 bits per heavy atom. The molecule has 6 heteroatoms. The van der Waals surface area contributed by atoms with Gasteiger partial charge in [-0.25, -0.2) is 9.98 Å². The number of rotatable bonds is 8. The Hall–Kier alpha value is -1.57. The largest absolute Gasteiger partial charge is 0.357 e. The fraction of sp³-hybridized carbons (Fsp3) is 0.524. The maximum Gasteiger partial charge on any atom is 0.191 e. The van der Waals surface area contributed by atoms with Gasteiger partial charge in [0.15, 0.2) is 5.96 Å². The molecule has 0 bridgehead atoms. The molecule has 1 saturated carbocycles. The zero-order chi connectivity index (χ0) is 18.2. The Morgan fingerprint density at radius 1 is 1.19 bits per heavy atom. The van der Waals surface area contributed by atoms with Crippen LogP contribution in [0.2, 0.25) is 0 Å². The summed E-state index contributed by atoms with van der Waals surface area (Å²) in [4.78, 5) is 9.26. The summed E-state index contributed by atoms with van der Waals surface area (Å²) in [6, 6.07) is 10.5. The third-order valence-corrected chi connectivity index (χ3v) is 5.52. The fourth-order valence-corrected chi connectivity index (χ4v) is 3.51. The molecule has 3 rings (SSSR count). The van der Waals surface area contributed by atoms with Gasteiger partial charge >= 0.3 is 0 Å². The van der Waals surface area contributed by atoms with Gasteiger partial charge in [0.1, 0.15) is 12.4 Å². The zero-order valence-corrected chi connectivity index (χ0v) is 18.8. The van der Waals surface area contributed by atoms with Crippen molar-refractivity contribution in [1.29, 1.82) is 0 Å². The number of guanidine groups is 1. The highest BCUT2D eigenvalue weighted by molar-refractivity contribution is 14.0. The third kappa shape index (κ3) is 5.96. The van der Waals surface area contributed by atoms with Crippen molar-refractivity contribution in [1.82, 2.24) is 20.2 Å². The van der Waals surface area contributed by atoms with Gasteiger partial charge in [-0.1, -0.05) is 43.7 Å². The summed E-state index contributed by atoms with van der Waals surface area (Å²) >= 11 is 0. The Labute approximate surface area is 180 Å². The summed E-state index contributed by atoms with van der Waals surface area (Å²) < 4.78 is 2.17. The minimum atomic E-state index is 0. The molecule has 0 saturated heterocycles. The summed E-state index contributed by atoms with van der Waals surface area (Å²) in [5, 5.41) is 6.91. The third-order valence-electron chi connectivity index (χ3n) is 5.52. The monoisotopic (exact) mass is 481 g/mol. The van der Waals surface area contributed by atoms with Crippen LogP contribution in [-0.2, 0) is 13.1 Å². The zero-order valence-electron chi connectivity index (χ0n) is 16.4. The van der Waals surface area contributed by atoms with E-state index in [1.165, 1.54) is 31.2 Å². The molecule has 1 aromatic heterocycles. The molecular formula is C21H32IN5. The van der Waals surface area contributed by atoms with Crippen molar-refractivity contribution in [2.45, 2.75) is 52.6 Å². The molecule has 1 aliphatic rings. The molecule has 1 fully saturated rings. The summed E-state index contributed by atoms with van der Waals surface area (Å²) in [6.45, 7) is 7.68. The number of hydrogen-bond donors (Lipinski definition) is 2. The van der Waals surface area contributed by atoms with Crippen LogP contribution in [0.4, 0.5) is 0 Å². The Morgan fingerprint density at radius 3 is 2.59 bits per heavy atom. The van der Waals surface area contributed by atoms with E-state index in [-0.39, 0.29) is 24.0 Å². The highest BCUT2D eigenvalue weighted by Gasteiger charge is 2.34. The van der Waals surface area contributed by atoms with Gasteiger partial charge in [0.25, 0.3) is 0 Å². The van der Waals surface area contributed by atoms with Crippen LogP contribution in [-0.4, -0.2) is 28.6 Å². The molecule has 0 unspecified atom stereocenters. The van der Waals surface area contributed by atoms with E-state index in [1.54, 1.807) is 0 Å². The SMILES string of the molecule is CCNC(=NCc1nccn1Cc1ccccc1)NCC1(CC)CCC1.I. The summed E-state index contributed by atoms with van der Waals surface area (Å²) in [6.07, 6.45) is 9.14. The lowest BCUT2D eigenvalue weighted by molar-refractivity contribution is 0.131. The topological polar surface area (TPSA) is 54.2 Å². The lowest BCUT2D eigenvalue weighted by atomic mass is 9.67. The molecule has 1 aliphatic carbocycles. The van der Waals surface area contributed by atoms with Crippen LogP contribution in [0.25, 0.3) is 0 Å². The second-order valence-electron chi connectivity index (χ2n) is 7.21. The van der Waals surface area contributed by atoms with Crippen LogP contribution < -0.4 is 10.6 Å². The van der Waals surface area contributed by atoms with Gasteiger partial charge in [0.2, 0.25) is 0 Å². The van der Waals surface area contributed by atoms with Crippen LogP contribution in [0.15, 0.2) is 47.7 Å². The molecule has 5 nitrogen and oxygen atoms in total. The van der Waals surface area contributed by atoms with Gasteiger partial charge in [0.05, 0.1) is 0 Å². The van der Waals surface area contributed by atoms with E-state index in [9.17, 15) is 0 Å². The van der Waals surface area contributed by atoms with Crippen LogP contribution >= 0.6 is 24.0 Å². The van der Waals surface area contributed by atoms with E-state index < -0.39 is 0 Å². The number of nitrogens with zero attached hydrogens (tertiary/aromatic N) is 3. The van der Waals surface area contributed by atoms with Crippen molar-refractivity contribution in [2.75, 3.05) is 13.1 Å². The Kier molecular flexibility index (Phi) is 8.60. The van der Waals surface area contributed by atoms with Crippen LogP contribution in [0.3, 0.4) is 0 Å². The second-order valence-corrected chi connectivity index (χ2v) is 7.21. The molecule has 148 valence electrons. The van der Waals surface area contributed by atoms with Crippen LogP contribution in [0.1, 0.15) is 50.9 Å². The van der Waals surface area contributed by atoms with E-state index >= 15 is 0 Å². The summed E-state index contributed by atoms with van der Waals surface area (Å²) in [5.41, 5.74) is 1.75. The smallest absolute Gasteiger partial charge is 0.191 e. The van der Waals surface area contributed by atoms with Crippen LogP contribution in [0, 0.1) is 5.41 Å². The summed E-state index contributed by atoms with van der Waals surface area (Å²) in [7, 11) is 0. The Bertz CT molecular complexity index is 701. The number of aromatic nitrogens is 2. The first kappa shape index (κ1) is 21.7. The van der Waals surface area contributed by atoms with Crippen molar-refractivity contribution in [2.24, 2.45) is 10.4 Å². The first-order valence-electron chi connectivity index (χ1n) is 9.81. The molecule has 0 atom stereocenters. The number of imidazole rings is 1. The molecule has 0 aliphatic heterocycles. The predicted molar refractivity (Wildman–Crippen MR) is 123 cm³/mol. The molecule has 0 spiro atoms. The van der Waals surface area contributed by atoms with E-state index in [0.29, 0.717) is 12.0 Å². The number of benzene rings is 1. The summed E-state index contributed by atoms with van der Waals surface area (Å²) in [5.74, 6) is 1.88. The minimum Gasteiger partial charge on any atom is -0.357 e. The number of halogens is 1. The first-order chi connectivity index (χ1) is 12.7. The van der Waals surface area contributed by atoms with Gasteiger partial charge < -0.3 is 15.2 Å². The number of hydrogen-bond acceptors (Lipinski definition) is 2. The standard InChI is InChI=1S/C21H31N5.HI/c1-3-21(11-8-12-21)17-25-20(22-4-2)24-15-19-23-13-14-26(19)16-18-9-6-5-7-10-18;/h5-7,9-10,13-14H,3-4,8,11-12,15-17H2,1-2H3,(H2,22,24,25);1H. The van der Waals surface area contributed by atoms with E-state index in [1.807, 2.05) is 18.5 Å². The second kappa shape index (κ2) is 10.7. The fourth-order valence-electron chi connectivity index (χ4n) is 3.51. The molecule has 0 radical (unpaired) electrons. The maximum atomic E-state index is 4.77. The first-order valence-corrected chi connectivity index (χ1v) is 9.81. The molecule has 0 amide bonds. The van der Waals surface area contributed by atoms with Crippen molar-refractivity contribution in [3.8, 4) is 0 Å². The average Bonchev–Trinajstić information content (AvgIpc) is 3.07. The van der Waals surface area contributed by atoms with Gasteiger partial charge in [-0.3, -0.25) is 0 Å². The molecule has 1 heterocycles. The van der Waals surface area contributed by atoms with Crippen molar-refractivity contribution in [3.05, 3.63) is 54.1 Å². The molecule has 2 aromatic rings. The highest BCUT2D eigenvalue weighted by Crippen LogP contribution is 2.42. The maximum absolute atomic E-state index is 4.77. The van der Waals surface area contributed by atoms with E-state index in [0.717, 1.165) is 31.4 Å². The van der Waals surface area contributed by atoms with Crippen molar-refractivity contribution in [3.63, 3.8) is 0 Å². The van der Waals surface area contributed by atoms with Gasteiger partial charge in [0, 0.05) is 32.0 Å². The van der Waals surface area contributed by atoms with Crippen molar-refractivity contribution >= 4 is 29.9 Å². The van der Waals surface area contributed by atoms with Gasteiger partial charge in [-0.05, 0) is 37.2 Å². The highest BCUT2D eigenvalue weighted by atomic mass is 127. The number of aliphatic imine (C=N–C) groups is 1. The number of nitrogens with one attached hydrogen (secondary N) is 2. The van der Waals surface area contributed by atoms with Crippen molar-refractivity contribution < 1.29 is 0 Å². The Balaban J connectivity index is 0.00000261. The van der Waals surface area contributed by atoms with E-state index in [2.05, 4.69) is 58.3 Å². The van der Waals surface area contributed by atoms with Crippen LogP contribution in [0.5, 0.6) is 0 Å². The lowest BCUT2D eigenvalue weighted by Gasteiger charge is -2.41. The predicted octanol–water partition coefficient (Wildman–Crippen LogP) is 4.18. The molecule has 1 aromatic carbocycles. The van der Waals surface area contributed by atoms with E-state index in [4.69, 9.17) is 4.99 Å². The molecular weight excluding hydrogens is 449 g/mol. The minimum absolute atomic E-state index is 0. The molecule has 2 N–H and O–H groups in total. The normalized spacial score (nSPS) is 15.6.